The molecule has 0 bridgehead atoms. The fraction of sp³-hybridized carbons (Fsp3) is 0.188. The standard InChI is InChI=1S/C16H18FN3O/c1-11(12-5-3-2-4-6-12)19-10-14-8-7-13(9-15(14)17)16(18)20-21/h2-9,11,19,21H,10H2,1H3,(H2,18,20). The molecule has 0 saturated heterocycles. The Morgan fingerprint density at radius 1 is 1.29 bits per heavy atom. The van der Waals surface area contributed by atoms with E-state index in [1.54, 1.807) is 12.1 Å². The normalized spacial score (nSPS) is 13.1. The van der Waals surface area contributed by atoms with Crippen LogP contribution in [0.15, 0.2) is 53.7 Å². The lowest BCUT2D eigenvalue weighted by Gasteiger charge is -2.15. The van der Waals surface area contributed by atoms with Crippen LogP contribution in [-0.2, 0) is 6.54 Å². The zero-order valence-corrected chi connectivity index (χ0v) is 11.8. The summed E-state index contributed by atoms with van der Waals surface area (Å²) in [5.74, 6) is -0.488. The van der Waals surface area contributed by atoms with Crippen LogP contribution < -0.4 is 11.1 Å². The van der Waals surface area contributed by atoms with Gasteiger partial charge in [-0.25, -0.2) is 4.39 Å². The zero-order chi connectivity index (χ0) is 15.2. The van der Waals surface area contributed by atoms with Gasteiger partial charge in [-0.3, -0.25) is 0 Å². The number of benzene rings is 2. The summed E-state index contributed by atoms with van der Waals surface area (Å²) in [6.07, 6.45) is 0. The highest BCUT2D eigenvalue weighted by Crippen LogP contribution is 2.15. The molecule has 0 spiro atoms. The Morgan fingerprint density at radius 3 is 2.62 bits per heavy atom. The van der Waals surface area contributed by atoms with E-state index in [1.165, 1.54) is 6.07 Å². The predicted molar refractivity (Wildman–Crippen MR) is 80.6 cm³/mol. The maximum atomic E-state index is 14.0. The van der Waals surface area contributed by atoms with Crippen LogP contribution in [0.2, 0.25) is 0 Å². The van der Waals surface area contributed by atoms with Crippen LogP contribution in [0.3, 0.4) is 0 Å². The summed E-state index contributed by atoms with van der Waals surface area (Å²) in [7, 11) is 0. The van der Waals surface area contributed by atoms with Crippen molar-refractivity contribution in [2.24, 2.45) is 10.9 Å². The molecule has 0 aliphatic carbocycles. The van der Waals surface area contributed by atoms with Crippen molar-refractivity contribution in [1.82, 2.24) is 5.32 Å². The second kappa shape index (κ2) is 6.85. The summed E-state index contributed by atoms with van der Waals surface area (Å²) >= 11 is 0. The van der Waals surface area contributed by atoms with Crippen molar-refractivity contribution in [2.75, 3.05) is 0 Å². The van der Waals surface area contributed by atoms with Gasteiger partial charge < -0.3 is 16.3 Å². The van der Waals surface area contributed by atoms with Crippen molar-refractivity contribution < 1.29 is 9.60 Å². The lowest BCUT2D eigenvalue weighted by Crippen LogP contribution is -2.19. The molecule has 1 atom stereocenters. The smallest absolute Gasteiger partial charge is 0.170 e. The van der Waals surface area contributed by atoms with Crippen LogP contribution in [0.4, 0.5) is 4.39 Å². The molecular formula is C16H18FN3O. The third-order valence-electron chi connectivity index (χ3n) is 3.35. The van der Waals surface area contributed by atoms with Crippen LogP contribution in [0, 0.1) is 5.82 Å². The molecule has 21 heavy (non-hydrogen) atoms. The average Bonchev–Trinajstić information content (AvgIpc) is 2.53. The first-order valence-corrected chi connectivity index (χ1v) is 6.66. The minimum absolute atomic E-state index is 0.105. The Labute approximate surface area is 123 Å². The number of halogens is 1. The van der Waals surface area contributed by atoms with Gasteiger partial charge in [0.05, 0.1) is 0 Å². The van der Waals surface area contributed by atoms with Crippen molar-refractivity contribution >= 4 is 5.84 Å². The largest absolute Gasteiger partial charge is 0.409 e. The highest BCUT2D eigenvalue weighted by atomic mass is 19.1. The molecule has 0 aliphatic heterocycles. The predicted octanol–water partition coefficient (Wildman–Crippen LogP) is 2.77. The van der Waals surface area contributed by atoms with Gasteiger partial charge in [-0.2, -0.15) is 0 Å². The third-order valence-corrected chi connectivity index (χ3v) is 3.35. The first kappa shape index (κ1) is 15.0. The van der Waals surface area contributed by atoms with E-state index in [2.05, 4.69) is 10.5 Å². The van der Waals surface area contributed by atoms with Gasteiger partial charge in [0.25, 0.3) is 0 Å². The number of nitrogens with one attached hydrogen (secondary N) is 1. The number of nitrogens with zero attached hydrogens (tertiary/aromatic N) is 1. The monoisotopic (exact) mass is 287 g/mol. The first-order chi connectivity index (χ1) is 10.1. The molecule has 4 nitrogen and oxygen atoms in total. The lowest BCUT2D eigenvalue weighted by atomic mass is 10.1. The van der Waals surface area contributed by atoms with Crippen LogP contribution in [0.25, 0.3) is 0 Å². The lowest BCUT2D eigenvalue weighted by molar-refractivity contribution is 0.318. The van der Waals surface area contributed by atoms with E-state index in [4.69, 9.17) is 10.9 Å². The Balaban J connectivity index is 2.04. The molecule has 0 aliphatic rings. The Bertz CT molecular complexity index is 629. The van der Waals surface area contributed by atoms with Crippen LogP contribution in [0.5, 0.6) is 0 Å². The summed E-state index contributed by atoms with van der Waals surface area (Å²) in [5, 5.41) is 14.7. The molecule has 2 rings (SSSR count). The van der Waals surface area contributed by atoms with Gasteiger partial charge in [0.15, 0.2) is 5.84 Å². The molecule has 110 valence electrons. The summed E-state index contributed by atoms with van der Waals surface area (Å²) in [4.78, 5) is 0. The van der Waals surface area contributed by atoms with E-state index in [1.807, 2.05) is 37.3 Å². The number of hydrogen-bond acceptors (Lipinski definition) is 3. The fourth-order valence-corrected chi connectivity index (χ4v) is 2.03. The van der Waals surface area contributed by atoms with Crippen molar-refractivity contribution in [3.63, 3.8) is 0 Å². The van der Waals surface area contributed by atoms with Crippen molar-refractivity contribution in [3.8, 4) is 0 Å². The van der Waals surface area contributed by atoms with Gasteiger partial charge in [0.1, 0.15) is 5.82 Å². The van der Waals surface area contributed by atoms with E-state index in [9.17, 15) is 4.39 Å². The van der Waals surface area contributed by atoms with Gasteiger partial charge in [-0.15, -0.1) is 0 Å². The highest BCUT2D eigenvalue weighted by Gasteiger charge is 2.09. The molecule has 4 N–H and O–H groups in total. The maximum Gasteiger partial charge on any atom is 0.170 e. The van der Waals surface area contributed by atoms with Crippen LogP contribution in [-0.4, -0.2) is 11.0 Å². The SMILES string of the molecule is CC(NCc1ccc(C(N)=NO)cc1F)c1ccccc1. The minimum atomic E-state index is -0.383. The molecule has 1 unspecified atom stereocenters. The Kier molecular flexibility index (Phi) is 4.90. The average molecular weight is 287 g/mol. The van der Waals surface area contributed by atoms with Crippen molar-refractivity contribution in [2.45, 2.75) is 19.5 Å². The summed E-state index contributed by atoms with van der Waals surface area (Å²) in [5.41, 5.74) is 7.46. The second-order valence-corrected chi connectivity index (χ2v) is 4.80. The zero-order valence-electron chi connectivity index (χ0n) is 11.8. The quantitative estimate of drug-likeness (QED) is 0.343. The molecule has 5 heteroatoms. The Morgan fingerprint density at radius 2 is 2.00 bits per heavy atom. The molecule has 0 fully saturated rings. The van der Waals surface area contributed by atoms with E-state index in [0.29, 0.717) is 17.7 Å². The first-order valence-electron chi connectivity index (χ1n) is 6.66. The Hall–Kier alpha value is -2.40. The molecule has 2 aromatic rings. The van der Waals surface area contributed by atoms with Gasteiger partial charge in [-0.05, 0) is 18.6 Å². The topological polar surface area (TPSA) is 70.6 Å². The second-order valence-electron chi connectivity index (χ2n) is 4.80. The molecule has 0 saturated carbocycles. The molecule has 0 radical (unpaired) electrons. The van der Waals surface area contributed by atoms with Crippen LogP contribution in [0.1, 0.15) is 29.7 Å². The minimum Gasteiger partial charge on any atom is -0.409 e. The van der Waals surface area contributed by atoms with Crippen molar-refractivity contribution in [1.29, 1.82) is 0 Å². The van der Waals surface area contributed by atoms with Crippen molar-refractivity contribution in [3.05, 3.63) is 71.0 Å². The summed E-state index contributed by atoms with van der Waals surface area (Å²) in [6.45, 7) is 2.43. The van der Waals surface area contributed by atoms with E-state index >= 15 is 0 Å². The van der Waals surface area contributed by atoms with Gasteiger partial charge in [-0.1, -0.05) is 47.6 Å². The van der Waals surface area contributed by atoms with Crippen LogP contribution >= 0.6 is 0 Å². The molecule has 0 heterocycles. The maximum absolute atomic E-state index is 14.0. The number of rotatable bonds is 5. The summed E-state index contributed by atoms with van der Waals surface area (Å²) < 4.78 is 14.0. The van der Waals surface area contributed by atoms with Gasteiger partial charge in [0, 0.05) is 23.7 Å². The number of amidine groups is 1. The third kappa shape index (κ3) is 3.79. The fourth-order valence-electron chi connectivity index (χ4n) is 2.03. The van der Waals surface area contributed by atoms with Gasteiger partial charge in [0.2, 0.25) is 0 Å². The van der Waals surface area contributed by atoms with E-state index < -0.39 is 0 Å². The molecule has 0 aromatic heterocycles. The highest BCUT2D eigenvalue weighted by molar-refractivity contribution is 5.97. The van der Waals surface area contributed by atoms with Gasteiger partial charge >= 0.3 is 0 Å². The summed E-state index contributed by atoms with van der Waals surface area (Å²) in [6, 6.07) is 14.6. The van der Waals surface area contributed by atoms with E-state index in [-0.39, 0.29) is 17.7 Å². The number of hydrogen-bond donors (Lipinski definition) is 3. The molecule has 2 aromatic carbocycles. The molecular weight excluding hydrogens is 269 g/mol. The number of oxime groups is 1. The number of nitrogens with two attached hydrogens (primary N) is 1. The molecule has 0 amide bonds. The van der Waals surface area contributed by atoms with E-state index in [0.717, 1.165) is 5.56 Å².